The van der Waals surface area contributed by atoms with Crippen molar-refractivity contribution in [3.8, 4) is 0 Å². The van der Waals surface area contributed by atoms with E-state index in [2.05, 4.69) is 25.4 Å². The maximum absolute atomic E-state index is 12.9. The molecule has 176 valence electrons. The van der Waals surface area contributed by atoms with E-state index in [1.54, 1.807) is 19.2 Å². The smallest absolute Gasteiger partial charge is 0.270 e. The Kier molecular flexibility index (Phi) is 6.43. The van der Waals surface area contributed by atoms with Gasteiger partial charge >= 0.3 is 0 Å². The Morgan fingerprint density at radius 3 is 2.85 bits per heavy atom. The lowest BCUT2D eigenvalue weighted by molar-refractivity contribution is -0.178. The van der Waals surface area contributed by atoms with Crippen LogP contribution in [0, 0.1) is 6.92 Å². The highest BCUT2D eigenvalue weighted by atomic mass is 16.7. The summed E-state index contributed by atoms with van der Waals surface area (Å²) in [6.45, 7) is 2.62. The number of carbonyl (C=O) groups excluding carboxylic acids is 1. The van der Waals surface area contributed by atoms with Crippen molar-refractivity contribution in [1.29, 1.82) is 0 Å². The van der Waals surface area contributed by atoms with Crippen molar-refractivity contribution in [2.45, 2.75) is 38.2 Å². The molecule has 2 aromatic heterocycles. The van der Waals surface area contributed by atoms with E-state index in [0.29, 0.717) is 43.4 Å². The molecular formula is C24H25N5O5. The molecule has 1 amide bonds. The predicted molar refractivity (Wildman–Crippen MR) is 122 cm³/mol. The summed E-state index contributed by atoms with van der Waals surface area (Å²) in [7, 11) is 0. The van der Waals surface area contributed by atoms with E-state index in [0.717, 1.165) is 16.5 Å². The fourth-order valence-electron chi connectivity index (χ4n) is 4.03. The van der Waals surface area contributed by atoms with Crippen LogP contribution in [0.2, 0.25) is 0 Å². The van der Waals surface area contributed by atoms with Crippen LogP contribution in [0.3, 0.4) is 0 Å². The molecule has 2 aliphatic heterocycles. The molecule has 2 aliphatic rings. The first-order valence-electron chi connectivity index (χ1n) is 11.1. The summed E-state index contributed by atoms with van der Waals surface area (Å²) < 4.78 is 11.3. The van der Waals surface area contributed by atoms with E-state index >= 15 is 0 Å². The van der Waals surface area contributed by atoms with Gasteiger partial charge in [0.1, 0.15) is 29.4 Å². The Labute approximate surface area is 196 Å². The molecule has 0 unspecified atom stereocenters. The number of aromatic nitrogens is 3. The van der Waals surface area contributed by atoms with Gasteiger partial charge in [0.25, 0.3) is 5.91 Å². The van der Waals surface area contributed by atoms with Crippen molar-refractivity contribution in [2.24, 2.45) is 5.16 Å². The Morgan fingerprint density at radius 2 is 2.03 bits per heavy atom. The maximum Gasteiger partial charge on any atom is 0.270 e. The van der Waals surface area contributed by atoms with Crippen LogP contribution in [0.4, 0.5) is 0 Å². The van der Waals surface area contributed by atoms with Crippen LogP contribution in [-0.4, -0.2) is 69.8 Å². The molecule has 3 atom stereocenters. The molecule has 4 heterocycles. The minimum absolute atomic E-state index is 0.0809. The highest BCUT2D eigenvalue weighted by Gasteiger charge is 2.35. The third kappa shape index (κ3) is 4.74. The monoisotopic (exact) mass is 463 g/mol. The van der Waals surface area contributed by atoms with Crippen LogP contribution < -0.4 is 5.32 Å². The van der Waals surface area contributed by atoms with E-state index < -0.39 is 0 Å². The first-order chi connectivity index (χ1) is 16.6. The quantitative estimate of drug-likeness (QED) is 0.563. The van der Waals surface area contributed by atoms with E-state index in [-0.39, 0.29) is 36.5 Å². The lowest BCUT2D eigenvalue weighted by atomic mass is 10.0. The summed E-state index contributed by atoms with van der Waals surface area (Å²) in [6, 6.07) is 11.3. The number of oxime groups is 1. The van der Waals surface area contributed by atoms with Gasteiger partial charge < -0.3 is 24.7 Å². The molecule has 1 aromatic carbocycles. The molecule has 0 saturated carbocycles. The van der Waals surface area contributed by atoms with E-state index in [9.17, 15) is 9.90 Å². The summed E-state index contributed by atoms with van der Waals surface area (Å²) in [6.07, 6.45) is 1.29. The van der Waals surface area contributed by atoms with Gasteiger partial charge in [-0.2, -0.15) is 0 Å². The summed E-state index contributed by atoms with van der Waals surface area (Å²) >= 11 is 0. The van der Waals surface area contributed by atoms with E-state index in [1.165, 1.54) is 0 Å². The normalized spacial score (nSPS) is 22.3. The highest BCUT2D eigenvalue weighted by Crippen LogP contribution is 2.23. The Morgan fingerprint density at radius 1 is 1.15 bits per heavy atom. The second kappa shape index (κ2) is 9.80. The van der Waals surface area contributed by atoms with Gasteiger partial charge in [-0.25, -0.2) is 9.97 Å². The standard InChI is InChI=1S/C24H25N5O5/c1-14-27-19(20-9-22(34-29-20)23-13-32-16(11-30)12-33-23)8-21(28-14)24(31)26-10-15-6-7-25-18-5-3-2-4-17(15)18/h2-8,16,22-23,30H,9-13H2,1H3,(H,26,31)/t16-,22+,23-/m1/s1. The second-order valence-electron chi connectivity index (χ2n) is 8.25. The molecule has 1 saturated heterocycles. The number of fused-ring (bicyclic) bond motifs is 1. The molecule has 10 nitrogen and oxygen atoms in total. The van der Waals surface area contributed by atoms with Gasteiger partial charge in [-0.15, -0.1) is 0 Å². The van der Waals surface area contributed by atoms with Gasteiger partial charge in [0.05, 0.1) is 31.0 Å². The first-order valence-corrected chi connectivity index (χ1v) is 11.1. The molecule has 1 fully saturated rings. The minimum Gasteiger partial charge on any atom is -0.394 e. The fraction of sp³-hybridized carbons (Fsp3) is 0.375. The predicted octanol–water partition coefficient (Wildman–Crippen LogP) is 1.53. The number of aliphatic hydroxyl groups is 1. The molecule has 0 aliphatic carbocycles. The molecule has 34 heavy (non-hydrogen) atoms. The van der Waals surface area contributed by atoms with Crippen molar-refractivity contribution < 1.29 is 24.2 Å². The van der Waals surface area contributed by atoms with E-state index in [1.807, 2.05) is 30.3 Å². The number of pyridine rings is 1. The zero-order chi connectivity index (χ0) is 23.5. The molecule has 2 N–H and O–H groups in total. The van der Waals surface area contributed by atoms with Crippen LogP contribution in [0.25, 0.3) is 10.9 Å². The molecule has 10 heteroatoms. The summed E-state index contributed by atoms with van der Waals surface area (Å²) in [5, 5.41) is 17.3. The van der Waals surface area contributed by atoms with Crippen LogP contribution in [0.5, 0.6) is 0 Å². The third-order valence-corrected chi connectivity index (χ3v) is 5.85. The van der Waals surface area contributed by atoms with Crippen LogP contribution in [0.1, 0.15) is 34.0 Å². The number of nitrogens with one attached hydrogen (secondary N) is 1. The maximum atomic E-state index is 12.9. The molecule has 3 aromatic rings. The Hall–Kier alpha value is -3.47. The van der Waals surface area contributed by atoms with Crippen LogP contribution in [-0.2, 0) is 20.9 Å². The van der Waals surface area contributed by atoms with Gasteiger partial charge in [-0.05, 0) is 30.7 Å². The Bertz CT molecular complexity index is 1220. The topological polar surface area (TPSA) is 128 Å². The third-order valence-electron chi connectivity index (χ3n) is 5.85. The number of aliphatic hydroxyl groups excluding tert-OH is 1. The molecular weight excluding hydrogens is 438 g/mol. The van der Waals surface area contributed by atoms with Gasteiger partial charge in [0.15, 0.2) is 6.10 Å². The van der Waals surface area contributed by atoms with Crippen LogP contribution >= 0.6 is 0 Å². The molecule has 0 radical (unpaired) electrons. The van der Waals surface area contributed by atoms with Gasteiger partial charge in [0, 0.05) is 24.5 Å². The van der Waals surface area contributed by atoms with Crippen molar-refractivity contribution in [1.82, 2.24) is 20.3 Å². The SMILES string of the molecule is Cc1nc(C(=O)NCc2ccnc3ccccc23)cc(C2=NO[C@H]([C@H]3CO[C@H](CO)CO3)C2)n1. The van der Waals surface area contributed by atoms with Gasteiger partial charge in [-0.3, -0.25) is 9.78 Å². The van der Waals surface area contributed by atoms with Crippen molar-refractivity contribution in [3.63, 3.8) is 0 Å². The number of benzene rings is 1. The fourth-order valence-corrected chi connectivity index (χ4v) is 4.03. The Balaban J connectivity index is 1.25. The molecule has 5 rings (SSSR count). The molecule has 0 spiro atoms. The van der Waals surface area contributed by atoms with Crippen molar-refractivity contribution >= 4 is 22.5 Å². The summed E-state index contributed by atoms with van der Waals surface area (Å²) in [5.41, 5.74) is 3.27. The van der Waals surface area contributed by atoms with Crippen molar-refractivity contribution in [2.75, 3.05) is 19.8 Å². The number of para-hydroxylation sites is 1. The van der Waals surface area contributed by atoms with E-state index in [4.69, 9.17) is 14.3 Å². The van der Waals surface area contributed by atoms with Gasteiger partial charge in [-0.1, -0.05) is 23.4 Å². The first kappa shape index (κ1) is 22.3. The zero-order valence-electron chi connectivity index (χ0n) is 18.7. The molecule has 0 bridgehead atoms. The number of hydrogen-bond donors (Lipinski definition) is 2. The summed E-state index contributed by atoms with van der Waals surface area (Å²) in [4.78, 5) is 31.6. The largest absolute Gasteiger partial charge is 0.394 e. The number of amides is 1. The number of hydrogen-bond acceptors (Lipinski definition) is 9. The number of rotatable bonds is 6. The number of ether oxygens (including phenoxy) is 2. The highest BCUT2D eigenvalue weighted by molar-refractivity contribution is 6.02. The average molecular weight is 463 g/mol. The van der Waals surface area contributed by atoms with Crippen molar-refractivity contribution in [3.05, 3.63) is 65.4 Å². The second-order valence-corrected chi connectivity index (χ2v) is 8.25. The number of nitrogens with zero attached hydrogens (tertiary/aromatic N) is 4. The van der Waals surface area contributed by atoms with Gasteiger partial charge in [0.2, 0.25) is 0 Å². The zero-order valence-corrected chi connectivity index (χ0v) is 18.7. The summed E-state index contributed by atoms with van der Waals surface area (Å²) in [5.74, 6) is 0.161. The lowest BCUT2D eigenvalue weighted by Crippen LogP contribution is -2.43. The minimum atomic E-state index is -0.317. The average Bonchev–Trinajstić information content (AvgIpc) is 3.37. The lowest BCUT2D eigenvalue weighted by Gasteiger charge is -2.30. The van der Waals surface area contributed by atoms with Crippen LogP contribution in [0.15, 0.2) is 47.8 Å². The number of aryl methyl sites for hydroxylation is 1. The number of carbonyl (C=O) groups is 1.